The molecule has 0 spiro atoms. The van der Waals surface area contributed by atoms with E-state index in [4.69, 9.17) is 0 Å². The first-order chi connectivity index (χ1) is 5.24. The van der Waals surface area contributed by atoms with Crippen molar-refractivity contribution in [1.29, 1.82) is 0 Å². The molecule has 0 radical (unpaired) electrons. The van der Waals surface area contributed by atoms with E-state index in [1.807, 2.05) is 0 Å². The topological polar surface area (TPSA) is 0 Å². The van der Waals surface area contributed by atoms with Crippen molar-refractivity contribution in [3.8, 4) is 0 Å². The molecule has 0 fully saturated rings. The van der Waals surface area contributed by atoms with Gasteiger partial charge >= 0.3 is 78.4 Å². The van der Waals surface area contributed by atoms with Crippen LogP contribution in [0.4, 0.5) is 0 Å². The quantitative estimate of drug-likeness (QED) is 0.524. The van der Waals surface area contributed by atoms with E-state index in [2.05, 4.69) is 42.4 Å². The summed E-state index contributed by atoms with van der Waals surface area (Å²) in [6.07, 6.45) is 2.05. The Bertz CT molecular complexity index is 99.9. The van der Waals surface area contributed by atoms with Gasteiger partial charge in [-0.3, -0.25) is 0 Å². The summed E-state index contributed by atoms with van der Waals surface area (Å²) in [6, 6.07) is 0. The number of hydrogen-bond acceptors (Lipinski definition) is 1. The second-order valence-corrected chi connectivity index (χ2v) is 24.6. The first-order valence-electron chi connectivity index (χ1n) is 4.49. The van der Waals surface area contributed by atoms with Gasteiger partial charge in [-0.2, -0.15) is 0 Å². The molecular formula is C9H20SSn. The van der Waals surface area contributed by atoms with Crippen molar-refractivity contribution in [2.75, 3.05) is 5.75 Å². The van der Waals surface area contributed by atoms with E-state index >= 15 is 0 Å². The summed E-state index contributed by atoms with van der Waals surface area (Å²) in [4.78, 5) is 0. The van der Waals surface area contributed by atoms with Crippen LogP contribution in [0.5, 0.6) is 0 Å². The van der Waals surface area contributed by atoms with Gasteiger partial charge in [-0.1, -0.05) is 0 Å². The van der Waals surface area contributed by atoms with Crippen LogP contribution in [0.3, 0.4) is 0 Å². The zero-order valence-electron chi connectivity index (χ0n) is 8.02. The third-order valence-corrected chi connectivity index (χ3v) is 27.0. The molecule has 0 saturated carbocycles. The fraction of sp³-hybridized carbons (Fsp3) is 0.778. The molecule has 0 unspecified atom stereocenters. The zero-order valence-corrected chi connectivity index (χ0v) is 11.7. The molecule has 0 heterocycles. The minimum atomic E-state index is -1.62. The minimum absolute atomic E-state index is 1.19. The molecule has 0 N–H and O–H groups in total. The van der Waals surface area contributed by atoms with Crippen molar-refractivity contribution in [2.45, 2.75) is 34.1 Å². The first-order valence-corrected chi connectivity index (χ1v) is 15.0. The molecule has 0 aromatic heterocycles. The van der Waals surface area contributed by atoms with Gasteiger partial charge in [0, 0.05) is 0 Å². The van der Waals surface area contributed by atoms with Gasteiger partial charge < -0.3 is 0 Å². The van der Waals surface area contributed by atoms with Crippen LogP contribution in [0.1, 0.15) is 20.8 Å². The van der Waals surface area contributed by atoms with Gasteiger partial charge in [-0.25, -0.2) is 0 Å². The van der Waals surface area contributed by atoms with Gasteiger partial charge in [-0.15, -0.1) is 0 Å². The number of rotatable bonds is 6. The van der Waals surface area contributed by atoms with Crippen LogP contribution in [0.25, 0.3) is 0 Å². The Morgan fingerprint density at radius 1 is 1.18 bits per heavy atom. The van der Waals surface area contributed by atoms with Gasteiger partial charge in [0.25, 0.3) is 0 Å². The van der Waals surface area contributed by atoms with Crippen molar-refractivity contribution >= 4 is 25.9 Å². The molecule has 0 amide bonds. The molecule has 0 aliphatic carbocycles. The Hall–Kier alpha value is 0.889. The molecule has 0 saturated heterocycles. The van der Waals surface area contributed by atoms with E-state index in [9.17, 15) is 0 Å². The van der Waals surface area contributed by atoms with Crippen molar-refractivity contribution in [3.63, 3.8) is 0 Å². The molecule has 0 bridgehead atoms. The van der Waals surface area contributed by atoms with Crippen LogP contribution >= 0.6 is 8.95 Å². The molecule has 66 valence electrons. The van der Waals surface area contributed by atoms with Crippen LogP contribution < -0.4 is 0 Å². The Kier molecular flexibility index (Phi) is 6.93. The standard InChI is InChI=1S/C3H6S.3C2H5.Sn/c1-2-3-4;3*1-2;/h2,4H,1,3H2;3*1H2,2H3;/q;;;;+1/p-1. The van der Waals surface area contributed by atoms with Crippen molar-refractivity contribution in [3.05, 3.63) is 12.7 Å². The van der Waals surface area contributed by atoms with Gasteiger partial charge in [0.1, 0.15) is 0 Å². The van der Waals surface area contributed by atoms with E-state index in [1.54, 1.807) is 0 Å². The average Bonchev–Trinajstić information content (AvgIpc) is 2.08. The summed E-state index contributed by atoms with van der Waals surface area (Å²) in [6.45, 7) is 10.9. The van der Waals surface area contributed by atoms with Gasteiger partial charge in [0.15, 0.2) is 0 Å². The van der Waals surface area contributed by atoms with E-state index in [1.165, 1.54) is 19.1 Å². The summed E-state index contributed by atoms with van der Waals surface area (Å²) >= 11 is -1.62. The Balaban J connectivity index is 3.93. The summed E-state index contributed by atoms with van der Waals surface area (Å²) < 4.78 is 4.46. The molecular weight excluding hydrogens is 259 g/mol. The van der Waals surface area contributed by atoms with Crippen molar-refractivity contribution < 1.29 is 0 Å². The maximum absolute atomic E-state index is 3.78. The van der Waals surface area contributed by atoms with Crippen LogP contribution in [0, 0.1) is 0 Å². The Labute approximate surface area is 78.2 Å². The van der Waals surface area contributed by atoms with E-state index < -0.39 is 17.0 Å². The zero-order chi connectivity index (χ0) is 8.74. The fourth-order valence-corrected chi connectivity index (χ4v) is 15.9. The van der Waals surface area contributed by atoms with Crippen LogP contribution in [0.15, 0.2) is 12.7 Å². The molecule has 2 heteroatoms. The van der Waals surface area contributed by atoms with Gasteiger partial charge in [0.2, 0.25) is 0 Å². The van der Waals surface area contributed by atoms with E-state index in [0.717, 1.165) is 0 Å². The van der Waals surface area contributed by atoms with Crippen molar-refractivity contribution in [1.82, 2.24) is 0 Å². The molecule has 0 aliphatic rings. The van der Waals surface area contributed by atoms with Crippen molar-refractivity contribution in [2.24, 2.45) is 0 Å². The second kappa shape index (κ2) is 6.41. The van der Waals surface area contributed by atoms with Crippen LogP contribution in [0.2, 0.25) is 13.3 Å². The summed E-state index contributed by atoms with van der Waals surface area (Å²) in [5.41, 5.74) is 0. The predicted octanol–water partition coefficient (Wildman–Crippen LogP) is 3.91. The molecule has 0 atom stereocenters. The third-order valence-electron chi connectivity index (χ3n) is 2.44. The van der Waals surface area contributed by atoms with Gasteiger partial charge in [0.05, 0.1) is 0 Å². The molecule has 0 rings (SSSR count). The first kappa shape index (κ1) is 11.9. The van der Waals surface area contributed by atoms with Crippen LogP contribution in [-0.2, 0) is 0 Å². The number of hydrogen-bond donors (Lipinski definition) is 0. The monoisotopic (exact) mass is 280 g/mol. The van der Waals surface area contributed by atoms with Gasteiger partial charge in [-0.05, 0) is 0 Å². The van der Waals surface area contributed by atoms with E-state index in [-0.39, 0.29) is 0 Å². The molecule has 11 heavy (non-hydrogen) atoms. The SMILES string of the molecule is C=CC[S][Sn]([CH2]C)([CH2]C)[CH2]C. The molecule has 0 aliphatic heterocycles. The van der Waals surface area contributed by atoms with E-state index in [0.29, 0.717) is 0 Å². The average molecular weight is 279 g/mol. The molecule has 0 aromatic rings. The fourth-order valence-electron chi connectivity index (χ4n) is 1.29. The summed E-state index contributed by atoms with van der Waals surface area (Å²) in [5.74, 6) is 1.19. The van der Waals surface area contributed by atoms with Crippen LogP contribution in [-0.4, -0.2) is 22.7 Å². The summed E-state index contributed by atoms with van der Waals surface area (Å²) in [7, 11) is 2.26. The Morgan fingerprint density at radius 2 is 1.64 bits per heavy atom. The molecule has 0 nitrogen and oxygen atoms in total. The maximum atomic E-state index is 3.78. The normalized spacial score (nSPS) is 11.5. The second-order valence-electron chi connectivity index (χ2n) is 2.84. The molecule has 0 aromatic carbocycles. The Morgan fingerprint density at radius 3 is 1.91 bits per heavy atom. The predicted molar refractivity (Wildman–Crippen MR) is 59.9 cm³/mol. The summed E-state index contributed by atoms with van der Waals surface area (Å²) in [5, 5.41) is 0. The third kappa shape index (κ3) is 3.88.